The number of hydrogen-bond donors (Lipinski definition) is 2. The number of piperidine rings is 1. The van der Waals surface area contributed by atoms with Crippen molar-refractivity contribution in [3.05, 3.63) is 29.3 Å². The largest absolute Gasteiger partial charge is 0.354 e. The molecule has 1 aromatic heterocycles. The monoisotopic (exact) mass is 275 g/mol. The standard InChI is InChI=1S/C13H13N3O2S/c17-12-4-2-9(6-14-12)16-13(18)8-1-3-10-11(5-8)19-7-15-10/h1,3,5,7,9H,2,4,6H2,(H,14,17)(H,16,18). The van der Waals surface area contributed by atoms with Crippen LogP contribution in [0.1, 0.15) is 23.2 Å². The maximum absolute atomic E-state index is 12.1. The van der Waals surface area contributed by atoms with E-state index in [1.54, 1.807) is 11.6 Å². The van der Waals surface area contributed by atoms with E-state index in [9.17, 15) is 9.59 Å². The van der Waals surface area contributed by atoms with Crippen LogP contribution in [0.4, 0.5) is 0 Å². The highest BCUT2D eigenvalue weighted by Crippen LogP contribution is 2.19. The normalized spacial score (nSPS) is 19.2. The first-order valence-corrected chi connectivity index (χ1v) is 7.01. The van der Waals surface area contributed by atoms with Crippen LogP contribution in [0.2, 0.25) is 0 Å². The Labute approximate surface area is 114 Å². The molecule has 6 heteroatoms. The summed E-state index contributed by atoms with van der Waals surface area (Å²) < 4.78 is 1.00. The van der Waals surface area contributed by atoms with Gasteiger partial charge in [-0.2, -0.15) is 0 Å². The lowest BCUT2D eigenvalue weighted by Crippen LogP contribution is -2.47. The lowest BCUT2D eigenvalue weighted by atomic mass is 10.1. The van der Waals surface area contributed by atoms with Crippen molar-refractivity contribution in [2.24, 2.45) is 0 Å². The van der Waals surface area contributed by atoms with E-state index < -0.39 is 0 Å². The highest BCUT2D eigenvalue weighted by atomic mass is 32.1. The second-order valence-electron chi connectivity index (χ2n) is 4.55. The fourth-order valence-electron chi connectivity index (χ4n) is 2.12. The van der Waals surface area contributed by atoms with Gasteiger partial charge in [-0.15, -0.1) is 11.3 Å². The number of amides is 2. The Morgan fingerprint density at radius 2 is 2.37 bits per heavy atom. The summed E-state index contributed by atoms with van der Waals surface area (Å²) in [7, 11) is 0. The van der Waals surface area contributed by atoms with E-state index >= 15 is 0 Å². The first kappa shape index (κ1) is 12.1. The van der Waals surface area contributed by atoms with Crippen LogP contribution in [-0.2, 0) is 4.79 Å². The van der Waals surface area contributed by atoms with E-state index in [0.717, 1.165) is 10.2 Å². The summed E-state index contributed by atoms with van der Waals surface area (Å²) in [5.41, 5.74) is 3.31. The zero-order chi connectivity index (χ0) is 13.2. The maximum atomic E-state index is 12.1. The first-order chi connectivity index (χ1) is 9.22. The third-order valence-corrected chi connectivity index (χ3v) is 3.99. The number of benzene rings is 1. The summed E-state index contributed by atoms with van der Waals surface area (Å²) in [5, 5.41) is 5.70. The lowest BCUT2D eigenvalue weighted by molar-refractivity contribution is -0.122. The van der Waals surface area contributed by atoms with Gasteiger partial charge in [0.1, 0.15) is 0 Å². The maximum Gasteiger partial charge on any atom is 0.251 e. The molecule has 1 fully saturated rings. The quantitative estimate of drug-likeness (QED) is 0.868. The van der Waals surface area contributed by atoms with Gasteiger partial charge < -0.3 is 10.6 Å². The Kier molecular flexibility index (Phi) is 3.16. The minimum Gasteiger partial charge on any atom is -0.354 e. The molecule has 1 aromatic carbocycles. The van der Waals surface area contributed by atoms with E-state index in [4.69, 9.17) is 0 Å². The van der Waals surface area contributed by atoms with Crippen LogP contribution in [0.25, 0.3) is 10.2 Å². The number of nitrogens with zero attached hydrogens (tertiary/aromatic N) is 1. The number of rotatable bonds is 2. The number of carbonyl (C=O) groups is 2. The predicted octanol–water partition coefficient (Wildman–Crippen LogP) is 1.30. The highest BCUT2D eigenvalue weighted by molar-refractivity contribution is 7.16. The molecule has 0 radical (unpaired) electrons. The summed E-state index contributed by atoms with van der Waals surface area (Å²) >= 11 is 1.52. The Morgan fingerprint density at radius 3 is 3.16 bits per heavy atom. The van der Waals surface area contributed by atoms with Crippen molar-refractivity contribution in [2.75, 3.05) is 6.54 Å². The Morgan fingerprint density at radius 1 is 1.47 bits per heavy atom. The van der Waals surface area contributed by atoms with Crippen molar-refractivity contribution >= 4 is 33.4 Å². The summed E-state index contributed by atoms with van der Waals surface area (Å²) in [6.45, 7) is 0.507. The van der Waals surface area contributed by atoms with Crippen LogP contribution in [0, 0.1) is 0 Å². The number of aromatic nitrogens is 1. The first-order valence-electron chi connectivity index (χ1n) is 6.13. The molecular weight excluding hydrogens is 262 g/mol. The Bertz CT molecular complexity index is 628. The van der Waals surface area contributed by atoms with Gasteiger partial charge in [0.2, 0.25) is 5.91 Å². The van der Waals surface area contributed by atoms with Gasteiger partial charge in [0.15, 0.2) is 0 Å². The molecule has 0 aliphatic carbocycles. The molecule has 2 aromatic rings. The van der Waals surface area contributed by atoms with Crippen molar-refractivity contribution < 1.29 is 9.59 Å². The molecule has 0 bridgehead atoms. The molecule has 0 spiro atoms. The fraction of sp³-hybridized carbons (Fsp3) is 0.308. The number of fused-ring (bicyclic) bond motifs is 1. The molecule has 5 nitrogen and oxygen atoms in total. The lowest BCUT2D eigenvalue weighted by Gasteiger charge is -2.23. The SMILES string of the molecule is O=C1CCC(NC(=O)c2ccc3ncsc3c2)CN1. The Hall–Kier alpha value is -1.95. The van der Waals surface area contributed by atoms with E-state index in [2.05, 4.69) is 15.6 Å². The number of nitrogens with one attached hydrogen (secondary N) is 2. The molecule has 2 amide bonds. The average molecular weight is 275 g/mol. The third kappa shape index (κ3) is 2.58. The van der Waals surface area contributed by atoms with E-state index in [1.165, 1.54) is 11.3 Å². The molecule has 1 atom stereocenters. The summed E-state index contributed by atoms with van der Waals surface area (Å²) in [5.74, 6) is -0.0481. The molecule has 1 unspecified atom stereocenters. The second-order valence-corrected chi connectivity index (χ2v) is 5.43. The molecular formula is C13H13N3O2S. The summed E-state index contributed by atoms with van der Waals surface area (Å²) in [6.07, 6.45) is 1.17. The zero-order valence-electron chi connectivity index (χ0n) is 10.2. The molecule has 2 N–H and O–H groups in total. The van der Waals surface area contributed by atoms with Crippen LogP contribution in [0.15, 0.2) is 23.7 Å². The molecule has 98 valence electrons. The number of thiazole rings is 1. The van der Waals surface area contributed by atoms with Gasteiger partial charge in [-0.05, 0) is 24.6 Å². The van der Waals surface area contributed by atoms with Crippen molar-refractivity contribution in [1.29, 1.82) is 0 Å². The van der Waals surface area contributed by atoms with Crippen LogP contribution in [0.3, 0.4) is 0 Å². The van der Waals surface area contributed by atoms with E-state index in [0.29, 0.717) is 24.9 Å². The summed E-state index contributed by atoms with van der Waals surface area (Å²) in [6, 6.07) is 5.49. The van der Waals surface area contributed by atoms with Gasteiger partial charge in [-0.3, -0.25) is 9.59 Å². The minimum atomic E-state index is -0.101. The van der Waals surface area contributed by atoms with Gasteiger partial charge in [-0.25, -0.2) is 4.98 Å². The molecule has 1 saturated heterocycles. The van der Waals surface area contributed by atoms with E-state index in [1.807, 2.05) is 12.1 Å². The van der Waals surface area contributed by atoms with E-state index in [-0.39, 0.29) is 17.9 Å². The van der Waals surface area contributed by atoms with Crippen molar-refractivity contribution in [3.63, 3.8) is 0 Å². The van der Waals surface area contributed by atoms with Crippen LogP contribution in [0.5, 0.6) is 0 Å². The highest BCUT2D eigenvalue weighted by Gasteiger charge is 2.20. The van der Waals surface area contributed by atoms with Crippen molar-refractivity contribution in [2.45, 2.75) is 18.9 Å². The summed E-state index contributed by atoms with van der Waals surface area (Å²) in [4.78, 5) is 27.4. The average Bonchev–Trinajstić information content (AvgIpc) is 2.88. The predicted molar refractivity (Wildman–Crippen MR) is 73.1 cm³/mol. The fourth-order valence-corrected chi connectivity index (χ4v) is 2.84. The van der Waals surface area contributed by atoms with Gasteiger partial charge in [0, 0.05) is 24.6 Å². The van der Waals surface area contributed by atoms with Gasteiger partial charge in [0.05, 0.1) is 15.7 Å². The molecule has 0 saturated carbocycles. The molecule has 19 heavy (non-hydrogen) atoms. The van der Waals surface area contributed by atoms with Crippen LogP contribution in [-0.4, -0.2) is 29.4 Å². The smallest absolute Gasteiger partial charge is 0.251 e. The third-order valence-electron chi connectivity index (χ3n) is 3.19. The number of hydrogen-bond acceptors (Lipinski definition) is 4. The van der Waals surface area contributed by atoms with Gasteiger partial charge >= 0.3 is 0 Å². The minimum absolute atomic E-state index is 0.0161. The molecule has 2 heterocycles. The van der Waals surface area contributed by atoms with Crippen molar-refractivity contribution in [3.8, 4) is 0 Å². The Balaban J connectivity index is 1.71. The van der Waals surface area contributed by atoms with Crippen LogP contribution >= 0.6 is 11.3 Å². The topological polar surface area (TPSA) is 71.1 Å². The van der Waals surface area contributed by atoms with Gasteiger partial charge in [-0.1, -0.05) is 0 Å². The van der Waals surface area contributed by atoms with Gasteiger partial charge in [0.25, 0.3) is 5.91 Å². The number of carbonyl (C=O) groups excluding carboxylic acids is 2. The second kappa shape index (κ2) is 4.97. The molecule has 1 aliphatic heterocycles. The van der Waals surface area contributed by atoms with Crippen molar-refractivity contribution in [1.82, 2.24) is 15.6 Å². The molecule has 3 rings (SSSR count). The van der Waals surface area contributed by atoms with Crippen LogP contribution < -0.4 is 10.6 Å². The molecule has 1 aliphatic rings. The zero-order valence-corrected chi connectivity index (χ0v) is 11.0.